The molecule has 0 bridgehead atoms. The van der Waals surface area contributed by atoms with Crippen LogP contribution in [0.5, 0.6) is 0 Å². The highest BCUT2D eigenvalue weighted by Gasteiger charge is 2.19. The monoisotopic (exact) mass is 905 g/mol. The Morgan fingerprint density at radius 3 is 1.03 bits per heavy atom. The molecule has 1 unspecified atom stereocenters. The third kappa shape index (κ3) is 51.4. The zero-order valence-corrected chi connectivity index (χ0v) is 42.5. The molecular weight excluding hydrogens is 805 g/mol. The molecule has 6 nitrogen and oxygen atoms in total. The van der Waals surface area contributed by atoms with Crippen LogP contribution in [0.3, 0.4) is 0 Å². The molecule has 0 amide bonds. The van der Waals surface area contributed by atoms with Crippen LogP contribution in [0.4, 0.5) is 0 Å². The third-order valence-corrected chi connectivity index (χ3v) is 11.4. The first kappa shape index (κ1) is 61.6. The van der Waals surface area contributed by atoms with Crippen molar-refractivity contribution in [1.82, 2.24) is 0 Å². The van der Waals surface area contributed by atoms with Gasteiger partial charge >= 0.3 is 17.9 Å². The van der Waals surface area contributed by atoms with Gasteiger partial charge in [-0.1, -0.05) is 215 Å². The quantitative estimate of drug-likeness (QED) is 0.0262. The molecule has 0 saturated heterocycles. The second-order valence-electron chi connectivity index (χ2n) is 17.8. The first-order valence-electron chi connectivity index (χ1n) is 27.1. The van der Waals surface area contributed by atoms with E-state index in [9.17, 15) is 14.4 Å². The van der Waals surface area contributed by atoms with E-state index in [1.54, 1.807) is 0 Å². The Kier molecular flexibility index (Phi) is 50.4. The van der Waals surface area contributed by atoms with Crippen molar-refractivity contribution >= 4 is 17.9 Å². The van der Waals surface area contributed by atoms with E-state index in [4.69, 9.17) is 14.2 Å². The number of hydrogen-bond donors (Lipinski definition) is 0. The predicted molar refractivity (Wildman–Crippen MR) is 279 cm³/mol. The lowest BCUT2D eigenvalue weighted by atomic mass is 10.1. The summed E-state index contributed by atoms with van der Waals surface area (Å²) >= 11 is 0. The summed E-state index contributed by atoms with van der Waals surface area (Å²) in [5.41, 5.74) is 0. The predicted octanol–water partition coefficient (Wildman–Crippen LogP) is 18.0. The molecule has 372 valence electrons. The molecule has 0 aromatic heterocycles. The van der Waals surface area contributed by atoms with Crippen LogP contribution < -0.4 is 0 Å². The van der Waals surface area contributed by atoms with Gasteiger partial charge in [-0.3, -0.25) is 14.4 Å². The fraction of sp³-hybridized carbons (Fsp3) is 0.712. The number of esters is 3. The maximum absolute atomic E-state index is 12.8. The van der Waals surface area contributed by atoms with E-state index in [1.807, 2.05) is 6.08 Å². The summed E-state index contributed by atoms with van der Waals surface area (Å²) in [6, 6.07) is 0. The van der Waals surface area contributed by atoms with Gasteiger partial charge in [0.2, 0.25) is 0 Å². The average molecular weight is 905 g/mol. The molecule has 1 atom stereocenters. The van der Waals surface area contributed by atoms with Crippen molar-refractivity contribution in [3.8, 4) is 0 Å². The second kappa shape index (κ2) is 53.2. The fourth-order valence-corrected chi connectivity index (χ4v) is 7.25. The van der Waals surface area contributed by atoms with Crippen molar-refractivity contribution in [2.75, 3.05) is 13.2 Å². The summed E-state index contributed by atoms with van der Waals surface area (Å²) in [6.07, 6.45) is 68.7. The van der Waals surface area contributed by atoms with E-state index in [-0.39, 0.29) is 44.0 Å². The summed E-state index contributed by atoms with van der Waals surface area (Å²) in [5, 5.41) is 0. The second-order valence-corrected chi connectivity index (χ2v) is 17.8. The standard InChI is InChI=1S/C59H100O6/c1-4-7-10-13-16-19-22-25-27-29-31-34-37-40-43-46-49-52-58(61)64-55-56(54-63-57(60)51-48-45-42-39-36-33-24-21-18-15-12-9-6-3)65-59(62)53-50-47-44-41-38-35-32-30-28-26-23-20-17-14-11-8-5-2/h17,20,25-28,31,33-34,36,40,42-43,45,56H,4-16,18-19,21-24,29-30,32,35,37-39,41,44,46-55H2,1-3H3/b20-17+,27-25+,28-26+,34-31+,36-33+,43-40+,45-42+. The largest absolute Gasteiger partial charge is 0.462 e. The molecule has 0 radical (unpaired) electrons. The number of rotatable bonds is 48. The molecule has 0 aliphatic carbocycles. The summed E-state index contributed by atoms with van der Waals surface area (Å²) in [4.78, 5) is 38.0. The summed E-state index contributed by atoms with van der Waals surface area (Å²) < 4.78 is 16.7. The molecule has 0 aliphatic heterocycles. The zero-order chi connectivity index (χ0) is 47.2. The Labute approximate surface area is 401 Å². The summed E-state index contributed by atoms with van der Waals surface area (Å²) in [5.74, 6) is -1.05. The highest BCUT2D eigenvalue weighted by molar-refractivity contribution is 5.71. The van der Waals surface area contributed by atoms with Crippen molar-refractivity contribution in [3.63, 3.8) is 0 Å². The number of allylic oxidation sites excluding steroid dienone is 14. The lowest BCUT2D eigenvalue weighted by Crippen LogP contribution is -2.30. The van der Waals surface area contributed by atoms with Crippen LogP contribution in [0, 0.1) is 0 Å². The minimum Gasteiger partial charge on any atom is -0.462 e. The lowest BCUT2D eigenvalue weighted by molar-refractivity contribution is -0.166. The normalized spacial score (nSPS) is 12.7. The number of hydrogen-bond acceptors (Lipinski definition) is 6. The van der Waals surface area contributed by atoms with Crippen LogP contribution >= 0.6 is 0 Å². The van der Waals surface area contributed by atoms with Crippen LogP contribution in [0.1, 0.15) is 252 Å². The highest BCUT2D eigenvalue weighted by Crippen LogP contribution is 2.13. The molecule has 0 spiro atoms. The summed E-state index contributed by atoms with van der Waals surface area (Å²) in [7, 11) is 0. The van der Waals surface area contributed by atoms with Gasteiger partial charge in [-0.15, -0.1) is 0 Å². The van der Waals surface area contributed by atoms with Gasteiger partial charge in [-0.25, -0.2) is 0 Å². The Bertz CT molecular complexity index is 1270. The van der Waals surface area contributed by atoms with E-state index in [0.717, 1.165) is 64.2 Å². The molecule has 0 N–H and O–H groups in total. The van der Waals surface area contributed by atoms with Gasteiger partial charge in [0.05, 0.1) is 0 Å². The van der Waals surface area contributed by atoms with E-state index in [1.165, 1.54) is 135 Å². The Morgan fingerprint density at radius 1 is 0.308 bits per heavy atom. The van der Waals surface area contributed by atoms with E-state index in [2.05, 4.69) is 99.8 Å². The maximum atomic E-state index is 12.8. The zero-order valence-electron chi connectivity index (χ0n) is 42.5. The molecule has 0 aliphatic rings. The summed E-state index contributed by atoms with van der Waals surface area (Å²) in [6.45, 7) is 6.50. The first-order chi connectivity index (χ1) is 32.0. The first-order valence-corrected chi connectivity index (χ1v) is 27.1. The van der Waals surface area contributed by atoms with E-state index < -0.39 is 6.10 Å². The fourth-order valence-electron chi connectivity index (χ4n) is 7.25. The van der Waals surface area contributed by atoms with Gasteiger partial charge in [0.1, 0.15) is 13.2 Å². The highest BCUT2D eigenvalue weighted by atomic mass is 16.6. The van der Waals surface area contributed by atoms with E-state index >= 15 is 0 Å². The minimum absolute atomic E-state index is 0.123. The van der Waals surface area contributed by atoms with Crippen LogP contribution in [0.2, 0.25) is 0 Å². The van der Waals surface area contributed by atoms with Crippen molar-refractivity contribution in [3.05, 3.63) is 85.1 Å². The van der Waals surface area contributed by atoms with Crippen LogP contribution in [0.25, 0.3) is 0 Å². The number of unbranched alkanes of at least 4 members (excludes halogenated alkanes) is 23. The van der Waals surface area contributed by atoms with Crippen molar-refractivity contribution < 1.29 is 28.6 Å². The molecule has 0 rings (SSSR count). The molecular formula is C59H100O6. The maximum Gasteiger partial charge on any atom is 0.306 e. The van der Waals surface area contributed by atoms with E-state index in [0.29, 0.717) is 19.3 Å². The Hall–Kier alpha value is -3.41. The molecule has 0 heterocycles. The van der Waals surface area contributed by atoms with Crippen molar-refractivity contribution in [2.45, 2.75) is 258 Å². The number of carbonyl (C=O) groups is 3. The van der Waals surface area contributed by atoms with Crippen molar-refractivity contribution in [2.24, 2.45) is 0 Å². The Morgan fingerprint density at radius 2 is 0.600 bits per heavy atom. The molecule has 0 aromatic carbocycles. The third-order valence-electron chi connectivity index (χ3n) is 11.4. The lowest BCUT2D eigenvalue weighted by Gasteiger charge is -2.18. The van der Waals surface area contributed by atoms with Gasteiger partial charge in [0, 0.05) is 19.3 Å². The van der Waals surface area contributed by atoms with Gasteiger partial charge in [-0.05, 0) is 103 Å². The number of carbonyl (C=O) groups excluding carboxylic acids is 3. The van der Waals surface area contributed by atoms with Gasteiger partial charge in [0.15, 0.2) is 6.10 Å². The SMILES string of the molecule is CCCCC/C=C/C/C=C/CCCCCCCCCC(=O)OC(COC(=O)CC/C=C/C/C=C/CCCCCCCC)COC(=O)CCC/C=C/C/C=C/C/C=C/CCCCCCCC. The van der Waals surface area contributed by atoms with Crippen LogP contribution in [0.15, 0.2) is 85.1 Å². The minimum atomic E-state index is -0.823. The average Bonchev–Trinajstić information content (AvgIpc) is 3.30. The topological polar surface area (TPSA) is 78.9 Å². The molecule has 0 saturated carbocycles. The number of ether oxygens (including phenoxy) is 3. The molecule has 6 heteroatoms. The molecule has 0 aromatic rings. The van der Waals surface area contributed by atoms with Crippen molar-refractivity contribution in [1.29, 1.82) is 0 Å². The van der Waals surface area contributed by atoms with Crippen LogP contribution in [-0.4, -0.2) is 37.2 Å². The van der Waals surface area contributed by atoms with Gasteiger partial charge in [-0.2, -0.15) is 0 Å². The van der Waals surface area contributed by atoms with Gasteiger partial charge in [0.25, 0.3) is 0 Å². The van der Waals surface area contributed by atoms with Crippen LogP contribution in [-0.2, 0) is 28.6 Å². The van der Waals surface area contributed by atoms with Gasteiger partial charge < -0.3 is 14.2 Å². The Balaban J connectivity index is 4.53. The smallest absolute Gasteiger partial charge is 0.306 e. The molecule has 0 fully saturated rings. The molecule has 65 heavy (non-hydrogen) atoms.